The number of nitrogens with one attached hydrogen (secondary N) is 2. The first-order valence-corrected chi connectivity index (χ1v) is 8.09. The van der Waals surface area contributed by atoms with Crippen LogP contribution in [0.5, 0.6) is 0 Å². The van der Waals surface area contributed by atoms with Crippen LogP contribution in [0.1, 0.15) is 18.1 Å². The summed E-state index contributed by atoms with van der Waals surface area (Å²) in [5.74, 6) is 0.332. The van der Waals surface area contributed by atoms with Crippen molar-refractivity contribution < 1.29 is 9.31 Å². The number of para-hydroxylation sites is 1. The van der Waals surface area contributed by atoms with Crippen LogP contribution < -0.4 is 10.6 Å². The third kappa shape index (κ3) is 6.95. The van der Waals surface area contributed by atoms with Gasteiger partial charge < -0.3 is 10.6 Å². The molecule has 2 aromatic carbocycles. The Morgan fingerprint density at radius 2 is 1.85 bits per heavy atom. The molecule has 26 heavy (non-hydrogen) atoms. The fourth-order valence-electron chi connectivity index (χ4n) is 2.30. The van der Waals surface area contributed by atoms with Crippen LogP contribution in [0, 0.1) is 15.9 Å². The second-order valence-corrected chi connectivity index (χ2v) is 5.38. The van der Waals surface area contributed by atoms with Gasteiger partial charge in [0.15, 0.2) is 5.96 Å². The number of nitro groups is 1. The Hall–Kier alpha value is -2.23. The quantitative estimate of drug-likeness (QED) is 0.212. The molecule has 2 rings (SSSR count). The predicted molar refractivity (Wildman–Crippen MR) is 111 cm³/mol. The average molecular weight is 472 g/mol. The Kier molecular flexibility index (Phi) is 9.56. The molecule has 0 amide bonds. The fourth-order valence-corrected chi connectivity index (χ4v) is 2.30. The van der Waals surface area contributed by atoms with Crippen molar-refractivity contribution in [3.8, 4) is 0 Å². The zero-order chi connectivity index (χ0) is 18.1. The minimum Gasteiger partial charge on any atom is -0.357 e. The lowest BCUT2D eigenvalue weighted by atomic mass is 10.1. The molecule has 0 saturated carbocycles. The molecular formula is C18H22FIN4O2. The van der Waals surface area contributed by atoms with E-state index in [0.717, 1.165) is 12.0 Å². The number of aliphatic imine (C=N–C) groups is 1. The van der Waals surface area contributed by atoms with Crippen molar-refractivity contribution in [2.45, 2.75) is 19.9 Å². The summed E-state index contributed by atoms with van der Waals surface area (Å²) in [6.07, 6.45) is 0.718. The second kappa shape index (κ2) is 11.4. The third-order valence-electron chi connectivity index (χ3n) is 3.56. The van der Waals surface area contributed by atoms with Gasteiger partial charge in [-0.15, -0.1) is 24.0 Å². The molecule has 0 aliphatic heterocycles. The maximum Gasteiger partial charge on any atom is 0.274 e. The topological polar surface area (TPSA) is 79.6 Å². The number of nitro benzene ring substituents is 1. The van der Waals surface area contributed by atoms with E-state index in [4.69, 9.17) is 0 Å². The van der Waals surface area contributed by atoms with Gasteiger partial charge >= 0.3 is 0 Å². The molecule has 0 aliphatic carbocycles. The van der Waals surface area contributed by atoms with E-state index in [1.54, 1.807) is 30.3 Å². The molecule has 8 heteroatoms. The van der Waals surface area contributed by atoms with Gasteiger partial charge in [0.2, 0.25) is 0 Å². The van der Waals surface area contributed by atoms with Crippen LogP contribution in [0.15, 0.2) is 53.5 Å². The average Bonchev–Trinajstić information content (AvgIpc) is 2.61. The van der Waals surface area contributed by atoms with Crippen LogP contribution in [-0.2, 0) is 13.0 Å². The van der Waals surface area contributed by atoms with Gasteiger partial charge in [0.05, 0.1) is 17.0 Å². The molecule has 0 aliphatic rings. The summed E-state index contributed by atoms with van der Waals surface area (Å²) in [7, 11) is 0. The van der Waals surface area contributed by atoms with E-state index < -0.39 is 4.92 Å². The Balaban J connectivity index is 0.00000338. The summed E-state index contributed by atoms with van der Waals surface area (Å²) in [4.78, 5) is 15.0. The van der Waals surface area contributed by atoms with Crippen LogP contribution in [-0.4, -0.2) is 24.0 Å². The van der Waals surface area contributed by atoms with Gasteiger partial charge in [-0.25, -0.2) is 9.38 Å². The highest BCUT2D eigenvalue weighted by molar-refractivity contribution is 14.0. The van der Waals surface area contributed by atoms with Crippen molar-refractivity contribution in [2.75, 3.05) is 13.1 Å². The van der Waals surface area contributed by atoms with Gasteiger partial charge in [-0.1, -0.05) is 30.3 Å². The van der Waals surface area contributed by atoms with Crippen molar-refractivity contribution in [3.63, 3.8) is 0 Å². The zero-order valence-electron chi connectivity index (χ0n) is 14.4. The largest absolute Gasteiger partial charge is 0.357 e. The van der Waals surface area contributed by atoms with Gasteiger partial charge in [0.1, 0.15) is 5.82 Å². The minimum absolute atomic E-state index is 0. The molecule has 0 bridgehead atoms. The first kappa shape index (κ1) is 21.8. The molecule has 0 heterocycles. The summed E-state index contributed by atoms with van der Waals surface area (Å²) in [5, 5.41) is 17.3. The highest BCUT2D eigenvalue weighted by Crippen LogP contribution is 2.18. The summed E-state index contributed by atoms with van der Waals surface area (Å²) >= 11 is 0. The predicted octanol–water partition coefficient (Wildman–Crippen LogP) is 3.65. The summed E-state index contributed by atoms with van der Waals surface area (Å²) in [5.41, 5.74) is 1.64. The first-order valence-electron chi connectivity index (χ1n) is 8.09. The smallest absolute Gasteiger partial charge is 0.274 e. The maximum atomic E-state index is 12.9. The third-order valence-corrected chi connectivity index (χ3v) is 3.56. The normalized spacial score (nSPS) is 10.8. The highest BCUT2D eigenvalue weighted by Gasteiger charge is 2.11. The van der Waals surface area contributed by atoms with Crippen molar-refractivity contribution in [3.05, 3.63) is 75.6 Å². The number of hydrogen-bond acceptors (Lipinski definition) is 3. The molecule has 0 saturated heterocycles. The Morgan fingerprint density at radius 1 is 1.15 bits per heavy atom. The van der Waals surface area contributed by atoms with Gasteiger partial charge in [0.25, 0.3) is 5.69 Å². The summed E-state index contributed by atoms with van der Waals surface area (Å²) < 4.78 is 12.9. The number of nitrogens with zero attached hydrogens (tertiary/aromatic N) is 2. The first-order chi connectivity index (χ1) is 12.1. The van der Waals surface area contributed by atoms with Crippen molar-refractivity contribution >= 4 is 35.6 Å². The molecule has 0 spiro atoms. The summed E-state index contributed by atoms with van der Waals surface area (Å²) in [6.45, 7) is 3.46. The van der Waals surface area contributed by atoms with Crippen molar-refractivity contribution in [2.24, 2.45) is 4.99 Å². The van der Waals surface area contributed by atoms with E-state index in [9.17, 15) is 14.5 Å². The molecule has 140 valence electrons. The number of rotatable bonds is 7. The zero-order valence-corrected chi connectivity index (χ0v) is 16.8. The summed E-state index contributed by atoms with van der Waals surface area (Å²) in [6, 6.07) is 12.9. The molecule has 2 N–H and O–H groups in total. The lowest BCUT2D eigenvalue weighted by Gasteiger charge is -2.11. The van der Waals surface area contributed by atoms with Gasteiger partial charge in [-0.2, -0.15) is 0 Å². The molecular weight excluding hydrogens is 450 g/mol. The van der Waals surface area contributed by atoms with Crippen molar-refractivity contribution in [1.82, 2.24) is 10.6 Å². The lowest BCUT2D eigenvalue weighted by molar-refractivity contribution is -0.385. The monoisotopic (exact) mass is 472 g/mol. The van der Waals surface area contributed by atoms with E-state index >= 15 is 0 Å². The molecule has 0 unspecified atom stereocenters. The van der Waals surface area contributed by atoms with Crippen LogP contribution in [0.2, 0.25) is 0 Å². The maximum absolute atomic E-state index is 12.9. The van der Waals surface area contributed by atoms with Gasteiger partial charge in [-0.3, -0.25) is 10.1 Å². The molecule has 0 atom stereocenters. The Labute approximate surface area is 169 Å². The van der Waals surface area contributed by atoms with E-state index in [-0.39, 0.29) is 42.0 Å². The Morgan fingerprint density at radius 3 is 2.50 bits per heavy atom. The molecule has 0 fully saturated rings. The SMILES string of the molecule is CCNC(=NCc1ccccc1[N+](=O)[O-])NCCc1ccc(F)cc1.I. The van der Waals surface area contributed by atoms with E-state index in [0.29, 0.717) is 24.6 Å². The molecule has 6 nitrogen and oxygen atoms in total. The second-order valence-electron chi connectivity index (χ2n) is 5.38. The minimum atomic E-state index is -0.403. The van der Waals surface area contributed by atoms with Crippen LogP contribution in [0.3, 0.4) is 0 Å². The number of hydrogen-bond donors (Lipinski definition) is 2. The number of halogens is 2. The van der Waals surface area contributed by atoms with Crippen LogP contribution in [0.4, 0.5) is 10.1 Å². The van der Waals surface area contributed by atoms with Gasteiger partial charge in [-0.05, 0) is 31.0 Å². The van der Waals surface area contributed by atoms with Gasteiger partial charge in [0, 0.05) is 19.2 Å². The molecule has 2 aromatic rings. The van der Waals surface area contributed by atoms with Crippen molar-refractivity contribution in [1.29, 1.82) is 0 Å². The number of guanidine groups is 1. The lowest BCUT2D eigenvalue weighted by Crippen LogP contribution is -2.38. The molecule has 0 radical (unpaired) electrons. The fraction of sp³-hybridized carbons (Fsp3) is 0.278. The van der Waals surface area contributed by atoms with Crippen LogP contribution in [0.25, 0.3) is 0 Å². The standard InChI is InChI=1S/C18H21FN4O2.HI/c1-2-20-18(21-12-11-14-7-9-16(19)10-8-14)22-13-15-5-3-4-6-17(15)23(24)25;/h3-10H,2,11-13H2,1H3,(H2,20,21,22);1H. The van der Waals surface area contributed by atoms with E-state index in [1.165, 1.54) is 18.2 Å². The Bertz CT molecular complexity index is 738. The van der Waals surface area contributed by atoms with E-state index in [1.807, 2.05) is 6.92 Å². The van der Waals surface area contributed by atoms with E-state index in [2.05, 4.69) is 15.6 Å². The number of benzene rings is 2. The van der Waals surface area contributed by atoms with Crippen LogP contribution >= 0.6 is 24.0 Å². The molecule has 0 aromatic heterocycles. The highest BCUT2D eigenvalue weighted by atomic mass is 127.